The smallest absolute Gasteiger partial charge is 0.313 e. The fourth-order valence-electron chi connectivity index (χ4n) is 6.31. The number of aromatic nitrogens is 2. The van der Waals surface area contributed by atoms with Gasteiger partial charge in [0.25, 0.3) is 0 Å². The van der Waals surface area contributed by atoms with Crippen LogP contribution in [0.1, 0.15) is 73.0 Å². The Labute approximate surface area is 239 Å². The van der Waals surface area contributed by atoms with Gasteiger partial charge in [-0.05, 0) is 81.9 Å². The Morgan fingerprint density at radius 3 is 2.70 bits per heavy atom. The number of likely N-dealkylation sites (tertiary alicyclic amines) is 2. The van der Waals surface area contributed by atoms with Crippen LogP contribution in [-0.4, -0.2) is 71.5 Å². The van der Waals surface area contributed by atoms with E-state index in [-0.39, 0.29) is 12.0 Å². The van der Waals surface area contributed by atoms with Crippen LogP contribution >= 0.6 is 11.3 Å². The third-order valence-corrected chi connectivity index (χ3v) is 9.93. The maximum Gasteiger partial charge on any atom is 0.313 e. The molecule has 40 heavy (non-hydrogen) atoms. The second-order valence-corrected chi connectivity index (χ2v) is 12.8. The number of thiazole rings is 1. The van der Waals surface area contributed by atoms with Crippen molar-refractivity contribution in [2.75, 3.05) is 50.9 Å². The van der Waals surface area contributed by atoms with Crippen LogP contribution in [0.25, 0.3) is 10.2 Å². The molecule has 1 aromatic carbocycles. The zero-order valence-electron chi connectivity index (χ0n) is 23.3. The van der Waals surface area contributed by atoms with Gasteiger partial charge < -0.3 is 25.6 Å². The molecule has 9 nitrogen and oxygen atoms in total. The predicted octanol–water partition coefficient (Wildman–Crippen LogP) is 4.52. The fraction of sp³-hybridized carbons (Fsp3) is 0.533. The number of rotatable bonds is 4. The van der Waals surface area contributed by atoms with Crippen molar-refractivity contribution in [3.63, 3.8) is 0 Å². The summed E-state index contributed by atoms with van der Waals surface area (Å²) in [5, 5.41) is 4.00. The van der Waals surface area contributed by atoms with Crippen LogP contribution in [0.2, 0.25) is 0 Å². The highest BCUT2D eigenvalue weighted by molar-refractivity contribution is 7.18. The minimum Gasteiger partial charge on any atom is -0.383 e. The number of hydrogen-bond donors (Lipinski definition) is 2. The topological polar surface area (TPSA) is 114 Å². The number of carbonyl (C=O) groups excluding carboxylic acids is 2. The van der Waals surface area contributed by atoms with Crippen molar-refractivity contribution >= 4 is 44.9 Å². The minimum atomic E-state index is -0.654. The summed E-state index contributed by atoms with van der Waals surface area (Å²) in [6.07, 6.45) is 6.46. The molecular formula is C30H38N6O3S. The van der Waals surface area contributed by atoms with Gasteiger partial charge in [-0.25, -0.2) is 9.97 Å². The molecule has 0 aliphatic carbocycles. The maximum absolute atomic E-state index is 13.6. The minimum absolute atomic E-state index is 0.146. The molecule has 2 amide bonds. The Balaban J connectivity index is 1.20. The molecule has 3 aliphatic heterocycles. The fourth-order valence-corrected chi connectivity index (χ4v) is 7.42. The molecule has 6 rings (SSSR count). The molecule has 3 N–H and O–H groups in total. The van der Waals surface area contributed by atoms with Gasteiger partial charge in [0, 0.05) is 30.6 Å². The number of benzene rings is 1. The highest BCUT2D eigenvalue weighted by atomic mass is 32.1. The van der Waals surface area contributed by atoms with Gasteiger partial charge >= 0.3 is 11.8 Å². The van der Waals surface area contributed by atoms with Gasteiger partial charge in [-0.3, -0.25) is 9.59 Å². The lowest BCUT2D eigenvalue weighted by atomic mass is 9.89. The van der Waals surface area contributed by atoms with Gasteiger partial charge in [0.1, 0.15) is 5.82 Å². The van der Waals surface area contributed by atoms with E-state index in [0.717, 1.165) is 61.8 Å². The Morgan fingerprint density at radius 1 is 1.10 bits per heavy atom. The van der Waals surface area contributed by atoms with Crippen LogP contribution < -0.4 is 11.1 Å². The molecule has 10 heteroatoms. The molecular weight excluding hydrogens is 524 g/mol. The number of nitrogen functional groups attached to an aromatic ring is 1. The molecule has 5 heterocycles. The average Bonchev–Trinajstić information content (AvgIpc) is 3.64. The van der Waals surface area contributed by atoms with Crippen molar-refractivity contribution in [2.24, 2.45) is 5.92 Å². The Bertz CT molecular complexity index is 1400. The number of ether oxygens (including phenoxy) is 1. The van der Waals surface area contributed by atoms with E-state index in [1.807, 2.05) is 6.07 Å². The van der Waals surface area contributed by atoms with E-state index in [2.05, 4.69) is 47.4 Å². The van der Waals surface area contributed by atoms with Crippen LogP contribution in [0.5, 0.6) is 0 Å². The number of nitrogens with one attached hydrogen (secondary N) is 1. The number of nitrogens with two attached hydrogens (primary N) is 1. The molecule has 0 radical (unpaired) electrons. The summed E-state index contributed by atoms with van der Waals surface area (Å²) in [6.45, 7) is 6.14. The first-order valence-corrected chi connectivity index (χ1v) is 15.2. The van der Waals surface area contributed by atoms with Crippen LogP contribution in [0.3, 0.4) is 0 Å². The summed E-state index contributed by atoms with van der Waals surface area (Å²) in [4.78, 5) is 40.2. The standard InChI is InChI=1S/C30H38N6O3S/c1-18-3-5-25(20-4-6-26-24(13-20)34-29(40-26)19-7-10-35(2)11-8-19)36(16-18)30(38)28(37)33-22-14-23(27(31)32-15-22)21-9-12-39-17-21/h4,6,13-15,18-19,21,25H,3,5,7-12,16-17H2,1-2H3,(H2,31,32)(H,33,37)/t18-,21+,25?/m0/s1. The molecule has 1 unspecified atom stereocenters. The number of anilines is 2. The van der Waals surface area contributed by atoms with E-state index < -0.39 is 11.8 Å². The lowest BCUT2D eigenvalue weighted by Crippen LogP contribution is -2.46. The molecule has 212 valence electrons. The summed E-state index contributed by atoms with van der Waals surface area (Å²) in [7, 11) is 2.18. The summed E-state index contributed by atoms with van der Waals surface area (Å²) in [5.41, 5.74) is 9.46. The zero-order chi connectivity index (χ0) is 27.8. The number of pyridine rings is 1. The van der Waals surface area contributed by atoms with Gasteiger partial charge in [-0.15, -0.1) is 11.3 Å². The third kappa shape index (κ3) is 5.57. The molecule has 2 aromatic heterocycles. The highest BCUT2D eigenvalue weighted by Gasteiger charge is 2.35. The molecule has 0 saturated carbocycles. The molecule has 3 aromatic rings. The van der Waals surface area contributed by atoms with E-state index in [1.54, 1.807) is 16.2 Å². The maximum atomic E-state index is 13.6. The first-order valence-electron chi connectivity index (χ1n) is 14.4. The van der Waals surface area contributed by atoms with E-state index in [9.17, 15) is 9.59 Å². The number of nitrogens with zero attached hydrogens (tertiary/aromatic N) is 4. The van der Waals surface area contributed by atoms with Crippen LogP contribution in [-0.2, 0) is 14.3 Å². The van der Waals surface area contributed by atoms with E-state index in [0.29, 0.717) is 43.1 Å². The molecule has 0 spiro atoms. The largest absolute Gasteiger partial charge is 0.383 e. The summed E-state index contributed by atoms with van der Waals surface area (Å²) in [5.74, 6) is 0.232. The predicted molar refractivity (Wildman–Crippen MR) is 157 cm³/mol. The van der Waals surface area contributed by atoms with Crippen molar-refractivity contribution in [1.29, 1.82) is 0 Å². The lowest BCUT2D eigenvalue weighted by Gasteiger charge is -2.38. The summed E-state index contributed by atoms with van der Waals surface area (Å²) < 4.78 is 6.67. The molecule has 3 saturated heterocycles. The number of fused-ring (bicyclic) bond motifs is 1. The molecule has 3 fully saturated rings. The Hall–Kier alpha value is -3.08. The summed E-state index contributed by atoms with van der Waals surface area (Å²) in [6, 6.07) is 8.03. The molecule has 3 atom stereocenters. The normalized spacial score (nSPS) is 24.4. The summed E-state index contributed by atoms with van der Waals surface area (Å²) >= 11 is 1.79. The van der Waals surface area contributed by atoms with E-state index in [1.165, 1.54) is 15.9 Å². The first kappa shape index (κ1) is 27.1. The monoisotopic (exact) mass is 562 g/mol. The first-order chi connectivity index (χ1) is 19.4. The Kier molecular flexibility index (Phi) is 7.74. The zero-order valence-corrected chi connectivity index (χ0v) is 24.1. The third-order valence-electron chi connectivity index (χ3n) is 8.73. The van der Waals surface area contributed by atoms with Crippen molar-refractivity contribution in [2.45, 2.75) is 56.9 Å². The van der Waals surface area contributed by atoms with Crippen molar-refractivity contribution in [1.82, 2.24) is 19.8 Å². The van der Waals surface area contributed by atoms with Gasteiger partial charge in [-0.1, -0.05) is 13.0 Å². The number of carbonyl (C=O) groups is 2. The van der Waals surface area contributed by atoms with Gasteiger partial charge in [0.2, 0.25) is 0 Å². The lowest BCUT2D eigenvalue weighted by molar-refractivity contribution is -0.146. The van der Waals surface area contributed by atoms with Crippen molar-refractivity contribution in [3.05, 3.63) is 46.6 Å². The van der Waals surface area contributed by atoms with Gasteiger partial charge in [0.05, 0.1) is 39.8 Å². The molecule has 3 aliphatic rings. The number of hydrogen-bond acceptors (Lipinski definition) is 8. The average molecular weight is 563 g/mol. The van der Waals surface area contributed by atoms with Gasteiger partial charge in [0.15, 0.2) is 0 Å². The van der Waals surface area contributed by atoms with Crippen LogP contribution in [0, 0.1) is 5.92 Å². The molecule has 0 bridgehead atoms. The quantitative estimate of drug-likeness (QED) is 0.449. The number of amides is 2. The second-order valence-electron chi connectivity index (χ2n) is 11.7. The van der Waals surface area contributed by atoms with E-state index >= 15 is 0 Å². The van der Waals surface area contributed by atoms with Crippen LogP contribution in [0.15, 0.2) is 30.5 Å². The second kappa shape index (κ2) is 11.4. The van der Waals surface area contributed by atoms with E-state index in [4.69, 9.17) is 15.5 Å². The van der Waals surface area contributed by atoms with Gasteiger partial charge in [-0.2, -0.15) is 0 Å². The Morgan fingerprint density at radius 2 is 1.93 bits per heavy atom. The van der Waals surface area contributed by atoms with Crippen molar-refractivity contribution in [3.8, 4) is 0 Å². The highest BCUT2D eigenvalue weighted by Crippen LogP contribution is 2.38. The van der Waals surface area contributed by atoms with Crippen LogP contribution in [0.4, 0.5) is 11.5 Å². The van der Waals surface area contributed by atoms with Crippen molar-refractivity contribution < 1.29 is 14.3 Å². The number of piperidine rings is 2. The SMILES string of the molecule is C[C@H]1CCC(c2ccc3sc(C4CCN(C)CC4)nc3c2)N(C(=O)C(=O)Nc2cnc(N)c([C@@H]3CCOC3)c2)C1.